The molecule has 3 heterocycles. The van der Waals surface area contributed by atoms with Crippen molar-refractivity contribution >= 4 is 11.3 Å². The van der Waals surface area contributed by atoms with Crippen molar-refractivity contribution in [2.24, 2.45) is 5.73 Å². The molecule has 1 aromatic heterocycles. The van der Waals surface area contributed by atoms with Crippen molar-refractivity contribution in [3.63, 3.8) is 0 Å². The van der Waals surface area contributed by atoms with E-state index in [2.05, 4.69) is 23.3 Å². The van der Waals surface area contributed by atoms with Gasteiger partial charge in [-0.15, -0.1) is 11.3 Å². The Morgan fingerprint density at radius 1 is 1.65 bits per heavy atom. The molecule has 2 aliphatic heterocycles. The molecule has 2 aliphatic rings. The lowest BCUT2D eigenvalue weighted by Crippen LogP contribution is -2.57. The molecule has 0 saturated carbocycles. The van der Waals surface area contributed by atoms with Crippen LogP contribution in [0.15, 0.2) is 11.4 Å². The van der Waals surface area contributed by atoms with Crippen LogP contribution in [-0.4, -0.2) is 36.7 Å². The van der Waals surface area contributed by atoms with E-state index >= 15 is 0 Å². The normalized spacial score (nSPS) is 33.9. The van der Waals surface area contributed by atoms with Crippen LogP contribution in [0.1, 0.15) is 29.8 Å². The van der Waals surface area contributed by atoms with E-state index in [0.717, 1.165) is 26.2 Å². The SMILES string of the molecule is CC1c2ccsc2CCN1C1(CN)CCOC1. The maximum atomic E-state index is 6.04. The zero-order chi connectivity index (χ0) is 11.9. The van der Waals surface area contributed by atoms with E-state index in [1.807, 2.05) is 11.3 Å². The van der Waals surface area contributed by atoms with Gasteiger partial charge in [-0.2, -0.15) is 0 Å². The molecule has 94 valence electrons. The third-order valence-corrected chi connectivity index (χ3v) is 5.35. The monoisotopic (exact) mass is 252 g/mol. The van der Waals surface area contributed by atoms with Gasteiger partial charge in [-0.05, 0) is 36.8 Å². The van der Waals surface area contributed by atoms with Crippen LogP contribution in [0, 0.1) is 0 Å². The Morgan fingerprint density at radius 3 is 3.24 bits per heavy atom. The second kappa shape index (κ2) is 4.35. The fourth-order valence-corrected chi connectivity index (χ4v) is 4.22. The zero-order valence-corrected chi connectivity index (χ0v) is 11.1. The van der Waals surface area contributed by atoms with Gasteiger partial charge in [0, 0.05) is 30.6 Å². The van der Waals surface area contributed by atoms with Crippen LogP contribution in [0.5, 0.6) is 0 Å². The molecule has 2 atom stereocenters. The number of rotatable bonds is 2. The lowest BCUT2D eigenvalue weighted by molar-refractivity contribution is 0.0354. The third kappa shape index (κ3) is 1.74. The zero-order valence-electron chi connectivity index (χ0n) is 10.3. The van der Waals surface area contributed by atoms with Crippen LogP contribution in [0.3, 0.4) is 0 Å². The molecule has 1 aromatic rings. The van der Waals surface area contributed by atoms with E-state index in [4.69, 9.17) is 10.5 Å². The average molecular weight is 252 g/mol. The molecule has 1 saturated heterocycles. The molecule has 0 aromatic carbocycles. The molecule has 0 amide bonds. The highest BCUT2D eigenvalue weighted by molar-refractivity contribution is 7.10. The lowest BCUT2D eigenvalue weighted by atomic mass is 9.89. The maximum absolute atomic E-state index is 6.04. The standard InChI is InChI=1S/C13H20N2OS/c1-10-11-3-7-17-12(11)2-5-15(10)13(8-14)4-6-16-9-13/h3,7,10H,2,4-6,8-9,14H2,1H3. The number of fused-ring (bicyclic) bond motifs is 1. The quantitative estimate of drug-likeness (QED) is 0.872. The highest BCUT2D eigenvalue weighted by atomic mass is 32.1. The minimum absolute atomic E-state index is 0.0824. The van der Waals surface area contributed by atoms with Gasteiger partial charge in [-0.3, -0.25) is 4.90 Å². The number of ether oxygens (including phenoxy) is 1. The summed E-state index contributed by atoms with van der Waals surface area (Å²) in [7, 11) is 0. The Balaban J connectivity index is 1.90. The fourth-order valence-electron chi connectivity index (χ4n) is 3.26. The first-order valence-corrected chi connectivity index (χ1v) is 7.26. The second-order valence-corrected chi connectivity index (χ2v) is 6.15. The first-order valence-electron chi connectivity index (χ1n) is 6.38. The number of thiophene rings is 1. The van der Waals surface area contributed by atoms with Gasteiger partial charge in [0.2, 0.25) is 0 Å². The Hall–Kier alpha value is -0.420. The van der Waals surface area contributed by atoms with E-state index in [0.29, 0.717) is 12.6 Å². The first-order chi connectivity index (χ1) is 8.27. The van der Waals surface area contributed by atoms with E-state index in [-0.39, 0.29) is 5.54 Å². The molecule has 4 heteroatoms. The summed E-state index contributed by atoms with van der Waals surface area (Å²) in [5, 5.41) is 2.21. The Labute approximate surface area is 107 Å². The fraction of sp³-hybridized carbons (Fsp3) is 0.692. The average Bonchev–Trinajstić information content (AvgIpc) is 2.98. The van der Waals surface area contributed by atoms with Crippen LogP contribution in [0.25, 0.3) is 0 Å². The largest absolute Gasteiger partial charge is 0.379 e. The minimum Gasteiger partial charge on any atom is -0.379 e. The molecule has 17 heavy (non-hydrogen) atoms. The third-order valence-electron chi connectivity index (χ3n) is 4.35. The molecule has 2 unspecified atom stereocenters. The molecule has 0 bridgehead atoms. The van der Waals surface area contributed by atoms with Crippen LogP contribution < -0.4 is 5.73 Å². The molecular formula is C13H20N2OS. The Kier molecular flexibility index (Phi) is 2.99. The van der Waals surface area contributed by atoms with Crippen molar-refractivity contribution < 1.29 is 4.74 Å². The number of nitrogens with zero attached hydrogens (tertiary/aromatic N) is 1. The first kappa shape index (κ1) is 11.7. The van der Waals surface area contributed by atoms with Gasteiger partial charge in [0.1, 0.15) is 0 Å². The van der Waals surface area contributed by atoms with E-state index < -0.39 is 0 Å². The van der Waals surface area contributed by atoms with E-state index in [1.54, 1.807) is 4.88 Å². The van der Waals surface area contributed by atoms with Crippen molar-refractivity contribution in [3.8, 4) is 0 Å². The van der Waals surface area contributed by atoms with Gasteiger partial charge in [0.15, 0.2) is 0 Å². The molecule has 2 N–H and O–H groups in total. The van der Waals surface area contributed by atoms with Crippen molar-refractivity contribution in [1.82, 2.24) is 4.90 Å². The van der Waals surface area contributed by atoms with Crippen LogP contribution in [-0.2, 0) is 11.2 Å². The predicted molar refractivity (Wildman–Crippen MR) is 70.4 cm³/mol. The second-order valence-electron chi connectivity index (χ2n) is 5.15. The van der Waals surface area contributed by atoms with Gasteiger partial charge in [-0.1, -0.05) is 0 Å². The van der Waals surface area contributed by atoms with Gasteiger partial charge < -0.3 is 10.5 Å². The smallest absolute Gasteiger partial charge is 0.0663 e. The highest BCUT2D eigenvalue weighted by Gasteiger charge is 2.43. The number of hydrogen-bond donors (Lipinski definition) is 1. The lowest BCUT2D eigenvalue weighted by Gasteiger charge is -2.45. The Morgan fingerprint density at radius 2 is 2.53 bits per heavy atom. The summed E-state index contributed by atoms with van der Waals surface area (Å²) in [5.41, 5.74) is 7.62. The summed E-state index contributed by atoms with van der Waals surface area (Å²) in [6.07, 6.45) is 2.24. The highest BCUT2D eigenvalue weighted by Crippen LogP contribution is 2.39. The van der Waals surface area contributed by atoms with Crippen LogP contribution in [0.2, 0.25) is 0 Å². The molecule has 3 nitrogen and oxygen atoms in total. The number of hydrogen-bond acceptors (Lipinski definition) is 4. The van der Waals surface area contributed by atoms with Crippen molar-refractivity contribution in [3.05, 3.63) is 21.9 Å². The Bertz CT molecular complexity index is 398. The van der Waals surface area contributed by atoms with Gasteiger partial charge in [0.25, 0.3) is 0 Å². The van der Waals surface area contributed by atoms with Crippen molar-refractivity contribution in [1.29, 1.82) is 0 Å². The van der Waals surface area contributed by atoms with Crippen LogP contribution in [0.4, 0.5) is 0 Å². The topological polar surface area (TPSA) is 38.5 Å². The van der Waals surface area contributed by atoms with Gasteiger partial charge in [0.05, 0.1) is 12.1 Å². The van der Waals surface area contributed by atoms with Gasteiger partial charge >= 0.3 is 0 Å². The van der Waals surface area contributed by atoms with Crippen molar-refractivity contribution in [2.45, 2.75) is 31.3 Å². The van der Waals surface area contributed by atoms with Crippen molar-refractivity contribution in [2.75, 3.05) is 26.3 Å². The van der Waals surface area contributed by atoms with E-state index in [1.165, 1.54) is 12.0 Å². The van der Waals surface area contributed by atoms with E-state index in [9.17, 15) is 0 Å². The minimum atomic E-state index is 0.0824. The summed E-state index contributed by atoms with van der Waals surface area (Å²) in [5.74, 6) is 0. The molecule has 3 rings (SSSR count). The van der Waals surface area contributed by atoms with Gasteiger partial charge in [-0.25, -0.2) is 0 Å². The van der Waals surface area contributed by atoms with Crippen LogP contribution >= 0.6 is 11.3 Å². The molecule has 0 aliphatic carbocycles. The predicted octanol–water partition coefficient (Wildman–Crippen LogP) is 1.79. The molecule has 1 fully saturated rings. The summed E-state index contributed by atoms with van der Waals surface area (Å²) >= 11 is 1.89. The summed E-state index contributed by atoms with van der Waals surface area (Å²) in [6.45, 7) is 5.79. The number of nitrogens with two attached hydrogens (primary N) is 1. The molecule has 0 radical (unpaired) electrons. The maximum Gasteiger partial charge on any atom is 0.0663 e. The summed E-state index contributed by atoms with van der Waals surface area (Å²) in [4.78, 5) is 4.13. The summed E-state index contributed by atoms with van der Waals surface area (Å²) < 4.78 is 5.60. The molecular weight excluding hydrogens is 232 g/mol. The summed E-state index contributed by atoms with van der Waals surface area (Å²) in [6, 6.07) is 2.76. The molecule has 0 spiro atoms.